The zero-order valence-corrected chi connectivity index (χ0v) is 16.9. The van der Waals surface area contributed by atoms with Gasteiger partial charge in [-0.05, 0) is 25.1 Å². The molecular formula is C17H14ClN5O3S2. The normalized spacial score (nSPS) is 10.5. The van der Waals surface area contributed by atoms with Crippen LogP contribution < -0.4 is 10.6 Å². The number of aromatic nitrogens is 2. The molecule has 8 nitrogen and oxygen atoms in total. The molecule has 0 atom stereocenters. The highest BCUT2D eigenvalue weighted by atomic mass is 35.5. The molecule has 11 heteroatoms. The van der Waals surface area contributed by atoms with E-state index in [9.17, 15) is 14.9 Å². The van der Waals surface area contributed by atoms with Crippen molar-refractivity contribution < 1.29 is 9.72 Å². The molecular weight excluding hydrogens is 422 g/mol. The van der Waals surface area contributed by atoms with E-state index in [1.54, 1.807) is 0 Å². The number of hydrogen-bond acceptors (Lipinski definition) is 8. The van der Waals surface area contributed by atoms with Gasteiger partial charge < -0.3 is 10.6 Å². The summed E-state index contributed by atoms with van der Waals surface area (Å²) in [6, 6.07) is 11.7. The van der Waals surface area contributed by atoms with E-state index < -0.39 is 4.92 Å². The minimum Gasteiger partial charge on any atom is -0.330 e. The highest BCUT2D eigenvalue weighted by molar-refractivity contribution is 8.01. The zero-order chi connectivity index (χ0) is 20.1. The number of non-ortho nitro benzene ring substituents is 1. The number of carbonyl (C=O) groups excluding carboxylic acids is 1. The lowest BCUT2D eigenvalue weighted by atomic mass is 10.2. The molecule has 1 aromatic heterocycles. The molecule has 0 unspecified atom stereocenters. The molecule has 0 saturated carbocycles. The van der Waals surface area contributed by atoms with Crippen LogP contribution in [0.25, 0.3) is 0 Å². The van der Waals surface area contributed by atoms with Gasteiger partial charge in [0.15, 0.2) is 4.34 Å². The number of nitro groups is 1. The summed E-state index contributed by atoms with van der Waals surface area (Å²) in [5, 5.41) is 25.5. The van der Waals surface area contributed by atoms with Gasteiger partial charge in [0.1, 0.15) is 0 Å². The molecule has 28 heavy (non-hydrogen) atoms. The average Bonchev–Trinajstić information content (AvgIpc) is 3.11. The fourth-order valence-electron chi connectivity index (χ4n) is 2.12. The molecule has 0 aliphatic carbocycles. The molecule has 0 saturated heterocycles. The summed E-state index contributed by atoms with van der Waals surface area (Å²) >= 11 is 8.52. The second-order valence-electron chi connectivity index (χ2n) is 5.62. The number of carbonyl (C=O) groups is 1. The Kier molecular flexibility index (Phi) is 6.45. The van der Waals surface area contributed by atoms with Crippen molar-refractivity contribution in [2.24, 2.45) is 0 Å². The lowest BCUT2D eigenvalue weighted by molar-refractivity contribution is -0.384. The SMILES string of the molecule is Cc1ccc(Nc2nnc(SCC(=O)Nc3cc([N+](=O)[O-])ccc3Cl)s2)cc1. The summed E-state index contributed by atoms with van der Waals surface area (Å²) in [5.74, 6) is -0.284. The number of hydrogen-bond donors (Lipinski definition) is 2. The number of nitrogens with zero attached hydrogens (tertiary/aromatic N) is 3. The number of anilines is 3. The molecule has 0 bridgehead atoms. The Morgan fingerprint density at radius 1 is 1.25 bits per heavy atom. The van der Waals surface area contributed by atoms with Gasteiger partial charge in [-0.2, -0.15) is 0 Å². The first-order chi connectivity index (χ1) is 13.4. The average molecular weight is 436 g/mol. The van der Waals surface area contributed by atoms with Gasteiger partial charge in [-0.3, -0.25) is 14.9 Å². The number of halogens is 1. The maximum absolute atomic E-state index is 12.1. The number of nitrogens with one attached hydrogen (secondary N) is 2. The van der Waals surface area contributed by atoms with Gasteiger partial charge in [0, 0.05) is 17.8 Å². The minimum atomic E-state index is -0.551. The zero-order valence-electron chi connectivity index (χ0n) is 14.5. The molecule has 0 aliphatic rings. The number of benzene rings is 2. The van der Waals surface area contributed by atoms with E-state index >= 15 is 0 Å². The number of thioether (sulfide) groups is 1. The van der Waals surface area contributed by atoms with Gasteiger partial charge in [-0.25, -0.2) is 0 Å². The number of nitro benzene ring substituents is 1. The van der Waals surface area contributed by atoms with Crippen molar-refractivity contribution in [3.8, 4) is 0 Å². The molecule has 1 heterocycles. The Labute approximate surface area is 173 Å². The Balaban J connectivity index is 1.55. The second-order valence-corrected chi connectivity index (χ2v) is 8.23. The molecule has 2 aromatic carbocycles. The maximum Gasteiger partial charge on any atom is 0.271 e. The van der Waals surface area contributed by atoms with Gasteiger partial charge in [-0.15, -0.1) is 10.2 Å². The predicted molar refractivity (Wildman–Crippen MR) is 112 cm³/mol. The van der Waals surface area contributed by atoms with E-state index in [2.05, 4.69) is 20.8 Å². The van der Waals surface area contributed by atoms with Crippen molar-refractivity contribution in [2.75, 3.05) is 16.4 Å². The molecule has 1 amide bonds. The molecule has 144 valence electrons. The Morgan fingerprint density at radius 2 is 2.00 bits per heavy atom. The summed E-state index contributed by atoms with van der Waals surface area (Å²) in [6.45, 7) is 2.01. The van der Waals surface area contributed by atoms with Gasteiger partial charge >= 0.3 is 0 Å². The van der Waals surface area contributed by atoms with Gasteiger partial charge in [0.05, 0.1) is 21.4 Å². The van der Waals surface area contributed by atoms with Crippen LogP contribution in [0.2, 0.25) is 5.02 Å². The van der Waals surface area contributed by atoms with Crippen LogP contribution in [0.4, 0.5) is 22.2 Å². The van der Waals surface area contributed by atoms with Crippen molar-refractivity contribution in [1.29, 1.82) is 0 Å². The molecule has 0 radical (unpaired) electrons. The number of amides is 1. The van der Waals surface area contributed by atoms with E-state index in [1.807, 2.05) is 31.2 Å². The maximum atomic E-state index is 12.1. The second kappa shape index (κ2) is 9.00. The summed E-state index contributed by atoms with van der Waals surface area (Å²) in [6.07, 6.45) is 0. The quantitative estimate of drug-likeness (QED) is 0.309. The first-order valence-electron chi connectivity index (χ1n) is 7.94. The van der Waals surface area contributed by atoms with Crippen molar-refractivity contribution in [3.63, 3.8) is 0 Å². The van der Waals surface area contributed by atoms with Gasteiger partial charge in [-0.1, -0.05) is 52.4 Å². The minimum absolute atomic E-state index is 0.0676. The van der Waals surface area contributed by atoms with Crippen LogP contribution in [-0.2, 0) is 4.79 Å². The highest BCUT2D eigenvalue weighted by Crippen LogP contribution is 2.29. The highest BCUT2D eigenvalue weighted by Gasteiger charge is 2.13. The van der Waals surface area contributed by atoms with Crippen molar-refractivity contribution >= 4 is 62.8 Å². The van der Waals surface area contributed by atoms with Crippen LogP contribution in [0.3, 0.4) is 0 Å². The third-order valence-corrected chi connectivity index (χ3v) is 5.77. The third-order valence-electron chi connectivity index (χ3n) is 3.47. The predicted octanol–water partition coefficient (Wildman–Crippen LogP) is 4.88. The monoisotopic (exact) mass is 435 g/mol. The molecule has 2 N–H and O–H groups in total. The Morgan fingerprint density at radius 3 is 2.71 bits per heavy atom. The van der Waals surface area contributed by atoms with Crippen LogP contribution in [0.15, 0.2) is 46.8 Å². The van der Waals surface area contributed by atoms with E-state index in [4.69, 9.17) is 11.6 Å². The number of rotatable bonds is 7. The first kappa shape index (κ1) is 20.1. The fourth-order valence-corrected chi connectivity index (χ4v) is 3.85. The molecule has 0 aliphatic heterocycles. The van der Waals surface area contributed by atoms with Crippen molar-refractivity contribution in [1.82, 2.24) is 10.2 Å². The lowest BCUT2D eigenvalue weighted by Crippen LogP contribution is -2.14. The topological polar surface area (TPSA) is 110 Å². The van der Waals surface area contributed by atoms with Crippen molar-refractivity contribution in [3.05, 3.63) is 63.2 Å². The standard InChI is InChI=1S/C17H14ClN5O3S2/c1-10-2-4-11(5-3-10)19-16-21-22-17(28-16)27-9-15(24)20-14-8-12(23(25)26)6-7-13(14)18/h2-8H,9H2,1H3,(H,19,21)(H,20,24). The smallest absolute Gasteiger partial charge is 0.271 e. The first-order valence-corrected chi connectivity index (χ1v) is 10.1. The largest absolute Gasteiger partial charge is 0.330 e. The molecule has 3 aromatic rings. The Hall–Kier alpha value is -2.69. The van der Waals surface area contributed by atoms with E-state index in [-0.39, 0.29) is 28.1 Å². The molecule has 3 rings (SSSR count). The van der Waals surface area contributed by atoms with Crippen LogP contribution in [0.1, 0.15) is 5.56 Å². The Bertz CT molecular complexity index is 1010. The van der Waals surface area contributed by atoms with E-state index in [1.165, 1.54) is 41.3 Å². The van der Waals surface area contributed by atoms with Crippen LogP contribution >= 0.6 is 34.7 Å². The fraction of sp³-hybridized carbons (Fsp3) is 0.118. The summed E-state index contributed by atoms with van der Waals surface area (Å²) in [4.78, 5) is 22.4. The summed E-state index contributed by atoms with van der Waals surface area (Å²) < 4.78 is 0.620. The molecule has 0 spiro atoms. The van der Waals surface area contributed by atoms with Crippen LogP contribution in [0, 0.1) is 17.0 Å². The summed E-state index contributed by atoms with van der Waals surface area (Å²) in [7, 11) is 0. The summed E-state index contributed by atoms with van der Waals surface area (Å²) in [5.41, 5.74) is 2.11. The lowest BCUT2D eigenvalue weighted by Gasteiger charge is -2.06. The van der Waals surface area contributed by atoms with Gasteiger partial charge in [0.25, 0.3) is 5.69 Å². The number of aryl methyl sites for hydroxylation is 1. The van der Waals surface area contributed by atoms with Crippen LogP contribution in [-0.4, -0.2) is 26.8 Å². The molecule has 0 fully saturated rings. The van der Waals surface area contributed by atoms with E-state index in [0.29, 0.717) is 9.47 Å². The van der Waals surface area contributed by atoms with E-state index in [0.717, 1.165) is 11.3 Å². The van der Waals surface area contributed by atoms with Crippen LogP contribution in [0.5, 0.6) is 0 Å². The van der Waals surface area contributed by atoms with Gasteiger partial charge in [0.2, 0.25) is 11.0 Å². The third kappa shape index (κ3) is 5.41. The van der Waals surface area contributed by atoms with Crippen molar-refractivity contribution in [2.45, 2.75) is 11.3 Å².